The molecule has 2 heterocycles. The van der Waals surface area contributed by atoms with Crippen LogP contribution >= 0.6 is 0 Å². The Labute approximate surface area is 144 Å². The van der Waals surface area contributed by atoms with Crippen LogP contribution in [0.3, 0.4) is 0 Å². The molecule has 2 fully saturated rings. The summed E-state index contributed by atoms with van der Waals surface area (Å²) in [5.74, 6) is -0.235. The monoisotopic (exact) mass is 334 g/mol. The summed E-state index contributed by atoms with van der Waals surface area (Å²) >= 11 is 0. The standard InChI is InChI=1S/C18H30N4O2/c1-2-9-22-14-16(19-20-22)13-21-10-7-18(8-11-21)5-3-15(4-6-18)12-17(23)24/h14-15H,2-13H2,1H3,(H,23,24). The molecular formula is C18H30N4O2. The number of hydrogen-bond acceptors (Lipinski definition) is 4. The van der Waals surface area contributed by atoms with E-state index >= 15 is 0 Å². The fraction of sp³-hybridized carbons (Fsp3) is 0.833. The Morgan fingerprint density at radius 3 is 2.62 bits per heavy atom. The third-order valence-corrected chi connectivity index (χ3v) is 5.97. The molecule has 134 valence electrons. The molecule has 24 heavy (non-hydrogen) atoms. The van der Waals surface area contributed by atoms with Crippen molar-refractivity contribution in [2.24, 2.45) is 11.3 Å². The van der Waals surface area contributed by atoms with Gasteiger partial charge in [0.15, 0.2) is 0 Å². The minimum atomic E-state index is -0.637. The number of likely N-dealkylation sites (tertiary alicyclic amines) is 1. The first-order valence-corrected chi connectivity index (χ1v) is 9.42. The topological polar surface area (TPSA) is 71.2 Å². The number of aromatic nitrogens is 3. The maximum absolute atomic E-state index is 10.9. The molecule has 1 aromatic rings. The summed E-state index contributed by atoms with van der Waals surface area (Å²) in [5, 5.41) is 17.4. The Morgan fingerprint density at radius 2 is 2.00 bits per heavy atom. The molecule has 1 spiro atoms. The lowest BCUT2D eigenvalue weighted by Crippen LogP contribution is -2.41. The highest BCUT2D eigenvalue weighted by Crippen LogP contribution is 2.47. The largest absolute Gasteiger partial charge is 0.481 e. The lowest BCUT2D eigenvalue weighted by atomic mass is 9.65. The fourth-order valence-corrected chi connectivity index (χ4v) is 4.40. The van der Waals surface area contributed by atoms with Crippen molar-refractivity contribution in [1.82, 2.24) is 19.9 Å². The number of carbonyl (C=O) groups is 1. The van der Waals surface area contributed by atoms with E-state index in [1.165, 1.54) is 25.7 Å². The molecule has 1 aliphatic heterocycles. The van der Waals surface area contributed by atoms with Gasteiger partial charge in [-0.25, -0.2) is 0 Å². The van der Waals surface area contributed by atoms with Gasteiger partial charge in [0, 0.05) is 25.7 Å². The highest BCUT2D eigenvalue weighted by atomic mass is 16.4. The van der Waals surface area contributed by atoms with Crippen LogP contribution < -0.4 is 0 Å². The van der Waals surface area contributed by atoms with Crippen molar-refractivity contribution in [3.8, 4) is 0 Å². The van der Waals surface area contributed by atoms with Gasteiger partial charge in [0.1, 0.15) is 0 Å². The molecule has 1 aromatic heterocycles. The van der Waals surface area contributed by atoms with Crippen LogP contribution in [0.2, 0.25) is 0 Å². The van der Waals surface area contributed by atoms with Crippen LogP contribution in [0.15, 0.2) is 6.20 Å². The lowest BCUT2D eigenvalue weighted by Gasteiger charge is -2.45. The average molecular weight is 334 g/mol. The van der Waals surface area contributed by atoms with Crippen LogP contribution in [0, 0.1) is 11.3 Å². The molecule has 0 aromatic carbocycles. The summed E-state index contributed by atoms with van der Waals surface area (Å²) < 4.78 is 1.94. The smallest absolute Gasteiger partial charge is 0.303 e. The van der Waals surface area contributed by atoms with E-state index in [0.29, 0.717) is 17.8 Å². The Morgan fingerprint density at radius 1 is 1.29 bits per heavy atom. The first-order valence-electron chi connectivity index (χ1n) is 9.42. The number of carboxylic acid groups (broad SMARTS) is 1. The van der Waals surface area contributed by atoms with Crippen molar-refractivity contribution in [3.05, 3.63) is 11.9 Å². The number of rotatable bonds is 6. The minimum Gasteiger partial charge on any atom is -0.481 e. The Bertz CT molecular complexity index is 539. The van der Waals surface area contributed by atoms with E-state index in [1.807, 2.05) is 4.68 Å². The third-order valence-electron chi connectivity index (χ3n) is 5.97. The second-order valence-corrected chi connectivity index (χ2v) is 7.79. The molecule has 0 atom stereocenters. The lowest BCUT2D eigenvalue weighted by molar-refractivity contribution is -0.138. The first kappa shape index (κ1) is 17.4. The molecule has 1 saturated carbocycles. The van der Waals surface area contributed by atoms with Crippen molar-refractivity contribution < 1.29 is 9.90 Å². The molecular weight excluding hydrogens is 304 g/mol. The van der Waals surface area contributed by atoms with Crippen LogP contribution in [0.5, 0.6) is 0 Å². The van der Waals surface area contributed by atoms with Gasteiger partial charge in [-0.2, -0.15) is 0 Å². The summed E-state index contributed by atoms with van der Waals surface area (Å²) in [6.07, 6.45) is 10.6. The third kappa shape index (κ3) is 4.35. The molecule has 1 N–H and O–H groups in total. The van der Waals surface area contributed by atoms with Crippen LogP contribution in [0.4, 0.5) is 0 Å². The Balaban J connectivity index is 1.45. The molecule has 6 heteroatoms. The number of piperidine rings is 1. The van der Waals surface area contributed by atoms with Gasteiger partial charge in [0.2, 0.25) is 0 Å². The van der Waals surface area contributed by atoms with Crippen LogP contribution in [0.1, 0.15) is 64.0 Å². The molecule has 0 amide bonds. The number of carboxylic acids is 1. The zero-order chi connectivity index (χ0) is 17.0. The van der Waals surface area contributed by atoms with E-state index in [-0.39, 0.29) is 0 Å². The van der Waals surface area contributed by atoms with E-state index in [2.05, 4.69) is 28.3 Å². The predicted octanol–water partition coefficient (Wildman–Crippen LogP) is 2.94. The van der Waals surface area contributed by atoms with Gasteiger partial charge in [-0.15, -0.1) is 5.10 Å². The SMILES string of the molecule is CCCn1cc(CN2CCC3(CCC(CC(=O)O)CC3)CC2)nn1. The van der Waals surface area contributed by atoms with Crippen molar-refractivity contribution in [2.45, 2.75) is 71.4 Å². The van der Waals surface area contributed by atoms with Crippen molar-refractivity contribution in [2.75, 3.05) is 13.1 Å². The molecule has 0 radical (unpaired) electrons. The van der Waals surface area contributed by atoms with Gasteiger partial charge in [-0.3, -0.25) is 14.4 Å². The summed E-state index contributed by atoms with van der Waals surface area (Å²) in [4.78, 5) is 13.4. The summed E-state index contributed by atoms with van der Waals surface area (Å²) in [6.45, 7) is 6.25. The van der Waals surface area contributed by atoms with Gasteiger partial charge in [0.05, 0.1) is 5.69 Å². The molecule has 6 nitrogen and oxygen atoms in total. The van der Waals surface area contributed by atoms with E-state index in [4.69, 9.17) is 5.11 Å². The van der Waals surface area contributed by atoms with E-state index in [9.17, 15) is 4.79 Å². The summed E-state index contributed by atoms with van der Waals surface area (Å²) in [5.41, 5.74) is 1.55. The van der Waals surface area contributed by atoms with E-state index < -0.39 is 5.97 Å². The number of hydrogen-bond donors (Lipinski definition) is 1. The number of nitrogens with zero attached hydrogens (tertiary/aromatic N) is 4. The molecule has 0 bridgehead atoms. The van der Waals surface area contributed by atoms with Crippen molar-refractivity contribution in [3.63, 3.8) is 0 Å². The highest BCUT2D eigenvalue weighted by molar-refractivity contribution is 5.67. The van der Waals surface area contributed by atoms with Gasteiger partial charge in [0.25, 0.3) is 0 Å². The maximum Gasteiger partial charge on any atom is 0.303 e. The molecule has 3 rings (SSSR count). The van der Waals surface area contributed by atoms with Crippen LogP contribution in [0.25, 0.3) is 0 Å². The van der Waals surface area contributed by atoms with Crippen molar-refractivity contribution in [1.29, 1.82) is 0 Å². The summed E-state index contributed by atoms with van der Waals surface area (Å²) in [7, 11) is 0. The van der Waals surface area contributed by atoms with Gasteiger partial charge >= 0.3 is 5.97 Å². The molecule has 1 saturated heterocycles. The first-order chi connectivity index (χ1) is 11.6. The Kier molecular flexibility index (Phi) is 5.54. The van der Waals surface area contributed by atoms with Gasteiger partial charge in [-0.1, -0.05) is 12.1 Å². The number of aliphatic carboxylic acids is 1. The zero-order valence-corrected chi connectivity index (χ0v) is 14.8. The Hall–Kier alpha value is -1.43. The van der Waals surface area contributed by atoms with E-state index in [0.717, 1.165) is 51.1 Å². The normalized spacial score (nSPS) is 22.0. The average Bonchev–Trinajstić information content (AvgIpc) is 2.99. The van der Waals surface area contributed by atoms with Crippen molar-refractivity contribution >= 4 is 5.97 Å². The summed E-state index contributed by atoms with van der Waals surface area (Å²) in [6, 6.07) is 0. The molecule has 1 aliphatic carbocycles. The highest BCUT2D eigenvalue weighted by Gasteiger charge is 2.38. The van der Waals surface area contributed by atoms with Crippen LogP contribution in [-0.2, 0) is 17.9 Å². The molecule has 2 aliphatic rings. The quantitative estimate of drug-likeness (QED) is 0.866. The second-order valence-electron chi connectivity index (χ2n) is 7.79. The van der Waals surface area contributed by atoms with E-state index in [1.54, 1.807) is 0 Å². The van der Waals surface area contributed by atoms with Gasteiger partial charge in [-0.05, 0) is 69.4 Å². The van der Waals surface area contributed by atoms with Gasteiger partial charge < -0.3 is 5.11 Å². The number of aryl methyl sites for hydroxylation is 1. The predicted molar refractivity (Wildman–Crippen MR) is 91.5 cm³/mol. The van der Waals surface area contributed by atoms with Crippen LogP contribution in [-0.4, -0.2) is 44.1 Å². The fourth-order valence-electron chi connectivity index (χ4n) is 4.40. The maximum atomic E-state index is 10.9. The second kappa shape index (κ2) is 7.64. The zero-order valence-electron chi connectivity index (χ0n) is 14.8. The molecule has 0 unspecified atom stereocenters. The minimum absolute atomic E-state index is 0.357.